The van der Waals surface area contributed by atoms with Gasteiger partial charge in [0.25, 0.3) is 0 Å². The van der Waals surface area contributed by atoms with Crippen molar-refractivity contribution in [2.75, 3.05) is 0 Å². The van der Waals surface area contributed by atoms with E-state index in [9.17, 15) is 15.0 Å². The molecule has 0 spiro atoms. The molecular weight excluding hydrogens is 364 g/mol. The highest BCUT2D eigenvalue weighted by Crippen LogP contribution is 2.40. The number of rotatable bonds is 12. The first-order valence-electron chi connectivity index (χ1n) is 10.2. The normalized spacial score (nSPS) is 27.6. The summed E-state index contributed by atoms with van der Waals surface area (Å²) in [5, 5.41) is 29.5. The summed E-state index contributed by atoms with van der Waals surface area (Å²) in [5.41, 5.74) is -0.185. The molecule has 156 valence electrons. The summed E-state index contributed by atoms with van der Waals surface area (Å²) in [5.74, 6) is -0.707. The van der Waals surface area contributed by atoms with Gasteiger partial charge in [-0.1, -0.05) is 57.9 Å². The van der Waals surface area contributed by atoms with Crippen LogP contribution >= 0.6 is 11.6 Å². The fraction of sp³-hybridized carbons (Fsp3) is 0.773. The average molecular weight is 401 g/mol. The summed E-state index contributed by atoms with van der Waals surface area (Å²) >= 11 is 6.46. The molecule has 5 heteroatoms. The van der Waals surface area contributed by atoms with Gasteiger partial charge < -0.3 is 15.3 Å². The van der Waals surface area contributed by atoms with Crippen LogP contribution in [0.2, 0.25) is 0 Å². The van der Waals surface area contributed by atoms with E-state index in [2.05, 4.69) is 20.8 Å². The molecule has 0 aromatic rings. The smallest absolute Gasteiger partial charge is 0.303 e. The van der Waals surface area contributed by atoms with Crippen LogP contribution in [0.4, 0.5) is 0 Å². The zero-order valence-electron chi connectivity index (χ0n) is 17.0. The van der Waals surface area contributed by atoms with Gasteiger partial charge in [-0.15, -0.1) is 11.6 Å². The Hall–Kier alpha value is -0.840. The molecule has 5 atom stereocenters. The van der Waals surface area contributed by atoms with E-state index in [1.165, 1.54) is 0 Å². The summed E-state index contributed by atoms with van der Waals surface area (Å²) < 4.78 is 0. The lowest BCUT2D eigenvalue weighted by Crippen LogP contribution is -2.28. The molecule has 0 radical (unpaired) electrons. The number of allylic oxidation sites excluding steroid dienone is 2. The molecule has 5 unspecified atom stereocenters. The van der Waals surface area contributed by atoms with E-state index in [1.807, 2.05) is 24.3 Å². The lowest BCUT2D eigenvalue weighted by Gasteiger charge is -2.29. The number of hydrogen-bond donors (Lipinski definition) is 3. The molecule has 0 amide bonds. The summed E-state index contributed by atoms with van der Waals surface area (Å²) in [6, 6.07) is 0. The quantitative estimate of drug-likeness (QED) is 0.246. The first-order valence-corrected chi connectivity index (χ1v) is 10.7. The molecule has 1 saturated carbocycles. The number of alkyl halides is 1. The third-order valence-corrected chi connectivity index (χ3v) is 6.20. The summed E-state index contributed by atoms with van der Waals surface area (Å²) in [6.45, 7) is 6.29. The highest BCUT2D eigenvalue weighted by Gasteiger charge is 2.39. The number of carboxylic acid groups (broad SMARTS) is 1. The van der Waals surface area contributed by atoms with Gasteiger partial charge in [0, 0.05) is 17.7 Å². The largest absolute Gasteiger partial charge is 0.481 e. The molecule has 0 saturated heterocycles. The van der Waals surface area contributed by atoms with Crippen LogP contribution in [-0.2, 0) is 4.79 Å². The van der Waals surface area contributed by atoms with E-state index in [-0.39, 0.29) is 29.0 Å². The van der Waals surface area contributed by atoms with Gasteiger partial charge in [-0.25, -0.2) is 0 Å². The molecule has 1 fully saturated rings. The van der Waals surface area contributed by atoms with Crippen LogP contribution in [0.5, 0.6) is 0 Å². The second-order valence-corrected chi connectivity index (χ2v) is 9.04. The molecule has 1 aliphatic rings. The van der Waals surface area contributed by atoms with Crippen molar-refractivity contribution in [3.8, 4) is 0 Å². The second kappa shape index (κ2) is 11.9. The zero-order valence-corrected chi connectivity index (χ0v) is 17.7. The van der Waals surface area contributed by atoms with Gasteiger partial charge in [0.05, 0.1) is 12.2 Å². The lowest BCUT2D eigenvalue weighted by atomic mass is 9.80. The molecule has 3 N–H and O–H groups in total. The molecule has 0 aromatic heterocycles. The van der Waals surface area contributed by atoms with Crippen LogP contribution in [0.1, 0.15) is 72.1 Å². The zero-order chi connectivity index (χ0) is 20.4. The van der Waals surface area contributed by atoms with Crippen molar-refractivity contribution in [2.45, 2.75) is 89.7 Å². The minimum Gasteiger partial charge on any atom is -0.481 e. The molecule has 0 aromatic carbocycles. The van der Waals surface area contributed by atoms with Crippen molar-refractivity contribution in [2.24, 2.45) is 17.3 Å². The Balaban J connectivity index is 2.62. The summed E-state index contributed by atoms with van der Waals surface area (Å²) in [7, 11) is 0. The van der Waals surface area contributed by atoms with Crippen LogP contribution in [0.3, 0.4) is 0 Å². The van der Waals surface area contributed by atoms with Gasteiger partial charge in [-0.2, -0.15) is 0 Å². The fourth-order valence-electron chi connectivity index (χ4n) is 3.68. The third kappa shape index (κ3) is 8.37. The van der Waals surface area contributed by atoms with Crippen molar-refractivity contribution in [3.63, 3.8) is 0 Å². The number of aliphatic hydroxyl groups excluding tert-OH is 2. The average Bonchev–Trinajstić information content (AvgIpc) is 2.86. The third-order valence-electron chi connectivity index (χ3n) is 5.70. The predicted molar refractivity (Wildman–Crippen MR) is 111 cm³/mol. The molecule has 4 nitrogen and oxygen atoms in total. The monoisotopic (exact) mass is 400 g/mol. The summed E-state index contributed by atoms with van der Waals surface area (Å²) in [4.78, 5) is 10.5. The van der Waals surface area contributed by atoms with Crippen LogP contribution in [0, 0.1) is 17.3 Å². The second-order valence-electron chi connectivity index (χ2n) is 8.48. The highest BCUT2D eigenvalue weighted by atomic mass is 35.5. The Morgan fingerprint density at radius 2 is 2.00 bits per heavy atom. The van der Waals surface area contributed by atoms with Crippen molar-refractivity contribution in [1.29, 1.82) is 0 Å². The molecule has 0 aliphatic heterocycles. The molecular formula is C22H37ClO4. The SMILES string of the molecule is CCCCC(C)(C)C(O)/C=C/C1C(O)CC(Cl)C1C/C=C\CCCC(=O)O. The first-order chi connectivity index (χ1) is 12.7. The van der Waals surface area contributed by atoms with E-state index < -0.39 is 18.2 Å². The van der Waals surface area contributed by atoms with Crippen LogP contribution < -0.4 is 0 Å². The predicted octanol–water partition coefficient (Wildman–Crippen LogP) is 4.93. The van der Waals surface area contributed by atoms with Crippen molar-refractivity contribution in [1.82, 2.24) is 0 Å². The maximum Gasteiger partial charge on any atom is 0.303 e. The number of carboxylic acids is 1. The minimum atomic E-state index is -0.770. The molecule has 0 heterocycles. The first kappa shape index (κ1) is 24.2. The Bertz CT molecular complexity index is 501. The topological polar surface area (TPSA) is 77.8 Å². The van der Waals surface area contributed by atoms with Gasteiger partial charge in [-0.3, -0.25) is 4.79 Å². The van der Waals surface area contributed by atoms with Gasteiger partial charge in [0.1, 0.15) is 0 Å². The van der Waals surface area contributed by atoms with E-state index in [4.69, 9.17) is 16.7 Å². The van der Waals surface area contributed by atoms with E-state index in [0.717, 1.165) is 32.1 Å². The Morgan fingerprint density at radius 1 is 1.30 bits per heavy atom. The van der Waals surface area contributed by atoms with Crippen molar-refractivity contribution < 1.29 is 20.1 Å². The van der Waals surface area contributed by atoms with Gasteiger partial charge in [0.2, 0.25) is 0 Å². The maximum absolute atomic E-state index is 10.6. The highest BCUT2D eigenvalue weighted by molar-refractivity contribution is 6.21. The lowest BCUT2D eigenvalue weighted by molar-refractivity contribution is -0.137. The van der Waals surface area contributed by atoms with Crippen LogP contribution in [0.25, 0.3) is 0 Å². The van der Waals surface area contributed by atoms with Crippen molar-refractivity contribution >= 4 is 17.6 Å². The fourth-order valence-corrected chi connectivity index (χ4v) is 4.13. The minimum absolute atomic E-state index is 0.0622. The Labute approximate surface area is 169 Å². The number of unbranched alkanes of at least 4 members (excludes halogenated alkanes) is 2. The van der Waals surface area contributed by atoms with Crippen molar-refractivity contribution in [3.05, 3.63) is 24.3 Å². The van der Waals surface area contributed by atoms with E-state index in [0.29, 0.717) is 12.8 Å². The number of halogens is 1. The number of aliphatic carboxylic acids is 1. The number of aliphatic hydroxyl groups is 2. The summed E-state index contributed by atoms with van der Waals surface area (Å²) in [6.07, 6.45) is 12.8. The van der Waals surface area contributed by atoms with Crippen LogP contribution in [-0.4, -0.2) is 38.9 Å². The molecule has 1 aliphatic carbocycles. The molecule has 1 rings (SSSR count). The van der Waals surface area contributed by atoms with Gasteiger partial charge in [-0.05, 0) is 43.4 Å². The standard InChI is InChI=1S/C22H37ClO4/c1-4-5-14-22(2,3)20(25)13-12-17-16(18(23)15-19(17)24)10-8-6-7-9-11-21(26)27/h6,8,12-13,16-20,24-25H,4-5,7,9-11,14-15H2,1-3H3,(H,26,27)/b8-6-,13-12+. The van der Waals surface area contributed by atoms with Gasteiger partial charge in [0.15, 0.2) is 0 Å². The van der Waals surface area contributed by atoms with E-state index >= 15 is 0 Å². The Kier molecular flexibility index (Phi) is 10.6. The Morgan fingerprint density at radius 3 is 2.63 bits per heavy atom. The van der Waals surface area contributed by atoms with E-state index in [1.54, 1.807) is 0 Å². The van der Waals surface area contributed by atoms with Gasteiger partial charge >= 0.3 is 5.97 Å². The van der Waals surface area contributed by atoms with Crippen LogP contribution in [0.15, 0.2) is 24.3 Å². The maximum atomic E-state index is 10.6. The molecule has 0 bridgehead atoms. The number of carbonyl (C=O) groups is 1. The molecule has 27 heavy (non-hydrogen) atoms. The number of hydrogen-bond acceptors (Lipinski definition) is 3.